The predicted octanol–water partition coefficient (Wildman–Crippen LogP) is 2.47. The van der Waals surface area contributed by atoms with Crippen LogP contribution in [0, 0.1) is 0 Å². The maximum absolute atomic E-state index is 11.3. The van der Waals surface area contributed by atoms with Gasteiger partial charge in [-0.25, -0.2) is 0 Å². The van der Waals surface area contributed by atoms with Gasteiger partial charge >= 0.3 is 40.0 Å². The molecular formula is C16H18N3NaO4S. The molecule has 0 bridgehead atoms. The Hall–Kier alpha value is -1.45. The molecule has 0 fully saturated rings. The molecule has 0 radical (unpaired) electrons. The van der Waals surface area contributed by atoms with Crippen LogP contribution in [0.15, 0.2) is 42.5 Å². The van der Waals surface area contributed by atoms with Crippen molar-refractivity contribution in [2.24, 2.45) is 0 Å². The molecule has 25 heavy (non-hydrogen) atoms. The summed E-state index contributed by atoms with van der Waals surface area (Å²) < 4.78 is 36.6. The third-order valence-corrected chi connectivity index (χ3v) is 4.24. The SMILES string of the molecule is CCC(C)c1cccc(-n2nc3ccccc3n2)c1OS(=O)(=O)O.[NaH]. The number of para-hydroxylation sites is 1. The zero-order valence-electron chi connectivity index (χ0n) is 13.2. The van der Waals surface area contributed by atoms with Crippen LogP contribution >= 0.6 is 0 Å². The molecule has 3 aromatic rings. The van der Waals surface area contributed by atoms with Gasteiger partial charge in [0.2, 0.25) is 0 Å². The number of hydrogen-bond acceptors (Lipinski definition) is 5. The van der Waals surface area contributed by atoms with Gasteiger partial charge in [-0.2, -0.15) is 8.42 Å². The quantitative estimate of drug-likeness (QED) is 0.547. The average molecular weight is 371 g/mol. The van der Waals surface area contributed by atoms with Gasteiger partial charge in [0.1, 0.15) is 16.7 Å². The summed E-state index contributed by atoms with van der Waals surface area (Å²) in [5.74, 6) is 0.0707. The van der Waals surface area contributed by atoms with E-state index in [9.17, 15) is 8.42 Å². The minimum atomic E-state index is -4.67. The number of nitrogens with zero attached hydrogens (tertiary/aromatic N) is 3. The van der Waals surface area contributed by atoms with Gasteiger partial charge in [0.15, 0.2) is 5.75 Å². The van der Waals surface area contributed by atoms with Crippen molar-refractivity contribution >= 4 is 51.0 Å². The zero-order valence-corrected chi connectivity index (χ0v) is 14.1. The van der Waals surface area contributed by atoms with Crippen molar-refractivity contribution in [1.82, 2.24) is 15.0 Å². The zero-order chi connectivity index (χ0) is 17.3. The number of hydrogen-bond donors (Lipinski definition) is 1. The van der Waals surface area contributed by atoms with Crippen LogP contribution in [0.1, 0.15) is 31.7 Å². The molecule has 1 N–H and O–H groups in total. The van der Waals surface area contributed by atoms with Crippen LogP contribution in [0.3, 0.4) is 0 Å². The molecular weight excluding hydrogens is 353 g/mol. The molecule has 0 amide bonds. The summed E-state index contributed by atoms with van der Waals surface area (Å²) in [6.45, 7) is 3.93. The van der Waals surface area contributed by atoms with E-state index in [-0.39, 0.29) is 41.2 Å². The first kappa shape index (κ1) is 19.9. The van der Waals surface area contributed by atoms with E-state index in [1.807, 2.05) is 26.0 Å². The molecule has 0 saturated heterocycles. The first-order valence-electron chi connectivity index (χ1n) is 7.51. The molecule has 1 unspecified atom stereocenters. The molecule has 0 saturated carbocycles. The molecule has 9 heteroatoms. The summed E-state index contributed by atoms with van der Waals surface area (Å²) in [5.41, 5.74) is 2.35. The molecule has 1 atom stereocenters. The van der Waals surface area contributed by atoms with Gasteiger partial charge in [0.05, 0.1) is 0 Å². The van der Waals surface area contributed by atoms with E-state index in [0.717, 1.165) is 6.42 Å². The molecule has 2 aromatic carbocycles. The summed E-state index contributed by atoms with van der Waals surface area (Å²) in [6.07, 6.45) is 0.778. The van der Waals surface area contributed by atoms with E-state index in [1.165, 1.54) is 4.80 Å². The third kappa shape index (κ3) is 4.39. The molecule has 128 valence electrons. The van der Waals surface area contributed by atoms with E-state index in [0.29, 0.717) is 22.3 Å². The standard InChI is InChI=1S/C16H17N3O4S.Na.H/c1-3-11(2)12-7-6-10-15(16(12)23-24(20,21)22)19-17-13-8-4-5-9-14(13)18-19;;/h4-11H,3H2,1-2H3,(H,20,21,22);;. The molecule has 0 aliphatic heterocycles. The topological polar surface area (TPSA) is 94.3 Å². The number of aromatic nitrogens is 3. The van der Waals surface area contributed by atoms with E-state index < -0.39 is 10.4 Å². The fourth-order valence-corrected chi connectivity index (χ4v) is 2.86. The average Bonchev–Trinajstić information content (AvgIpc) is 2.96. The van der Waals surface area contributed by atoms with Crippen LogP contribution in [-0.2, 0) is 10.4 Å². The number of benzene rings is 2. The van der Waals surface area contributed by atoms with E-state index in [2.05, 4.69) is 10.2 Å². The van der Waals surface area contributed by atoms with Crippen molar-refractivity contribution in [3.8, 4) is 11.4 Å². The third-order valence-electron chi connectivity index (χ3n) is 3.86. The van der Waals surface area contributed by atoms with Crippen LogP contribution in [0.2, 0.25) is 0 Å². The Morgan fingerprint density at radius 3 is 2.24 bits per heavy atom. The Morgan fingerprint density at radius 1 is 1.12 bits per heavy atom. The minimum absolute atomic E-state index is 0. The monoisotopic (exact) mass is 371 g/mol. The second kappa shape index (κ2) is 7.84. The summed E-state index contributed by atoms with van der Waals surface area (Å²) in [5, 5.41) is 8.70. The number of rotatable bonds is 5. The van der Waals surface area contributed by atoms with Crippen molar-refractivity contribution in [1.29, 1.82) is 0 Å². The molecule has 3 rings (SSSR count). The molecule has 1 aromatic heterocycles. The van der Waals surface area contributed by atoms with E-state index >= 15 is 0 Å². The fourth-order valence-electron chi connectivity index (χ4n) is 2.47. The molecule has 0 spiro atoms. The summed E-state index contributed by atoms with van der Waals surface area (Å²) in [6, 6.07) is 12.5. The van der Waals surface area contributed by atoms with Crippen LogP contribution < -0.4 is 4.18 Å². The first-order valence-corrected chi connectivity index (χ1v) is 8.88. The Balaban J connectivity index is 0.00000225. The van der Waals surface area contributed by atoms with Crippen molar-refractivity contribution in [2.75, 3.05) is 0 Å². The van der Waals surface area contributed by atoms with Gasteiger partial charge in [-0.3, -0.25) is 4.55 Å². The van der Waals surface area contributed by atoms with E-state index in [4.69, 9.17) is 8.74 Å². The van der Waals surface area contributed by atoms with Crippen molar-refractivity contribution < 1.29 is 17.2 Å². The summed E-state index contributed by atoms with van der Waals surface area (Å²) in [4.78, 5) is 1.32. The van der Waals surface area contributed by atoms with Crippen molar-refractivity contribution in [2.45, 2.75) is 26.2 Å². The predicted molar refractivity (Wildman–Crippen MR) is 96.9 cm³/mol. The first-order chi connectivity index (χ1) is 11.4. The molecule has 0 aliphatic carbocycles. The van der Waals surface area contributed by atoms with Gasteiger partial charge < -0.3 is 4.18 Å². The molecule has 0 aliphatic rings. The fraction of sp³-hybridized carbons (Fsp3) is 0.250. The van der Waals surface area contributed by atoms with Gasteiger partial charge in [0, 0.05) is 5.56 Å². The van der Waals surface area contributed by atoms with Crippen LogP contribution in [0.5, 0.6) is 5.75 Å². The normalized spacial score (nSPS) is 12.6. The van der Waals surface area contributed by atoms with Gasteiger partial charge in [-0.15, -0.1) is 15.0 Å². The van der Waals surface area contributed by atoms with Gasteiger partial charge in [-0.1, -0.05) is 38.1 Å². The molecule has 1 heterocycles. The van der Waals surface area contributed by atoms with Gasteiger partial charge in [-0.05, 0) is 30.5 Å². The Kier molecular flexibility index (Phi) is 6.23. The van der Waals surface area contributed by atoms with Crippen LogP contribution in [-0.4, -0.2) is 57.5 Å². The van der Waals surface area contributed by atoms with Crippen molar-refractivity contribution in [3.63, 3.8) is 0 Å². The second-order valence-corrected chi connectivity index (χ2v) is 6.52. The second-order valence-electron chi connectivity index (χ2n) is 5.49. The Bertz CT molecular complexity index is 955. The van der Waals surface area contributed by atoms with Crippen LogP contribution in [0.4, 0.5) is 0 Å². The number of fused-ring (bicyclic) bond motifs is 1. The Labute approximate surface area is 168 Å². The van der Waals surface area contributed by atoms with Crippen LogP contribution in [0.25, 0.3) is 16.7 Å². The maximum atomic E-state index is 11.3. The van der Waals surface area contributed by atoms with Crippen molar-refractivity contribution in [3.05, 3.63) is 48.0 Å². The van der Waals surface area contributed by atoms with Gasteiger partial charge in [0.25, 0.3) is 0 Å². The summed E-state index contributed by atoms with van der Waals surface area (Å²) in [7, 11) is -4.67. The van der Waals surface area contributed by atoms with E-state index in [1.54, 1.807) is 30.3 Å². The molecule has 7 nitrogen and oxygen atoms in total. The Morgan fingerprint density at radius 2 is 1.72 bits per heavy atom. The summed E-state index contributed by atoms with van der Waals surface area (Å²) >= 11 is 0.